The zero-order chi connectivity index (χ0) is 10.1. The molecule has 2 aromatic rings. The van der Waals surface area contributed by atoms with Crippen molar-refractivity contribution in [2.75, 3.05) is 0 Å². The standard InChI is InChI=1S/C9H4Cl3N2/c10-6-2-1-3-7(11)9(6)14-8(12)4-5-13-14/h1-3,5H. The van der Waals surface area contributed by atoms with Crippen molar-refractivity contribution < 1.29 is 0 Å². The van der Waals surface area contributed by atoms with Crippen molar-refractivity contribution in [2.45, 2.75) is 0 Å². The molecule has 1 aromatic heterocycles. The van der Waals surface area contributed by atoms with Crippen LogP contribution in [0.2, 0.25) is 15.2 Å². The summed E-state index contributed by atoms with van der Waals surface area (Å²) in [4.78, 5) is 0. The molecule has 0 unspecified atom stereocenters. The molecule has 71 valence electrons. The quantitative estimate of drug-likeness (QED) is 0.751. The molecule has 0 aliphatic heterocycles. The summed E-state index contributed by atoms with van der Waals surface area (Å²) in [5.41, 5.74) is 0.571. The Bertz CT molecular complexity index is 445. The van der Waals surface area contributed by atoms with E-state index in [0.717, 1.165) is 0 Å². The fraction of sp³-hybridized carbons (Fsp3) is 0. The second kappa shape index (κ2) is 3.81. The SMILES string of the molecule is Clc1cccc(Cl)c1-n1nc[c]c1Cl. The second-order valence-electron chi connectivity index (χ2n) is 2.56. The molecule has 0 aliphatic rings. The van der Waals surface area contributed by atoms with Crippen LogP contribution in [0.1, 0.15) is 0 Å². The molecule has 2 rings (SSSR count). The third kappa shape index (κ3) is 1.61. The minimum Gasteiger partial charge on any atom is -0.219 e. The van der Waals surface area contributed by atoms with E-state index in [4.69, 9.17) is 34.8 Å². The number of aromatic nitrogens is 2. The maximum Gasteiger partial charge on any atom is 0.140 e. The van der Waals surface area contributed by atoms with Gasteiger partial charge in [-0.05, 0) is 12.1 Å². The second-order valence-corrected chi connectivity index (χ2v) is 3.73. The first-order valence-electron chi connectivity index (χ1n) is 3.76. The van der Waals surface area contributed by atoms with Gasteiger partial charge in [0.1, 0.15) is 10.8 Å². The van der Waals surface area contributed by atoms with Gasteiger partial charge in [0.15, 0.2) is 0 Å². The molecule has 2 nitrogen and oxygen atoms in total. The number of rotatable bonds is 1. The van der Waals surface area contributed by atoms with E-state index in [1.54, 1.807) is 18.2 Å². The Balaban J connectivity index is 2.68. The molecule has 0 fully saturated rings. The van der Waals surface area contributed by atoms with Gasteiger partial charge in [-0.3, -0.25) is 0 Å². The van der Waals surface area contributed by atoms with Gasteiger partial charge in [0.2, 0.25) is 0 Å². The van der Waals surface area contributed by atoms with Crippen molar-refractivity contribution in [2.24, 2.45) is 0 Å². The summed E-state index contributed by atoms with van der Waals surface area (Å²) in [7, 11) is 0. The van der Waals surface area contributed by atoms with E-state index in [-0.39, 0.29) is 0 Å². The average Bonchev–Trinajstić information content (AvgIpc) is 2.52. The Morgan fingerprint density at radius 3 is 2.29 bits per heavy atom. The van der Waals surface area contributed by atoms with E-state index in [2.05, 4.69) is 11.2 Å². The Morgan fingerprint density at radius 2 is 1.79 bits per heavy atom. The number of para-hydroxylation sites is 1. The lowest BCUT2D eigenvalue weighted by molar-refractivity contribution is 0.882. The minimum atomic E-state index is 0.347. The first-order chi connectivity index (χ1) is 6.70. The lowest BCUT2D eigenvalue weighted by atomic mass is 10.3. The molecule has 0 saturated carbocycles. The molecule has 0 N–H and O–H groups in total. The Morgan fingerprint density at radius 1 is 1.14 bits per heavy atom. The van der Waals surface area contributed by atoms with Gasteiger partial charge >= 0.3 is 0 Å². The van der Waals surface area contributed by atoms with E-state index in [9.17, 15) is 0 Å². The van der Waals surface area contributed by atoms with Gasteiger partial charge in [-0.1, -0.05) is 40.9 Å². The topological polar surface area (TPSA) is 17.8 Å². The fourth-order valence-electron chi connectivity index (χ4n) is 1.10. The Labute approximate surface area is 96.0 Å². The number of hydrogen-bond acceptors (Lipinski definition) is 1. The van der Waals surface area contributed by atoms with Gasteiger partial charge in [-0.15, -0.1) is 0 Å². The molecule has 1 heterocycles. The van der Waals surface area contributed by atoms with Crippen molar-refractivity contribution >= 4 is 34.8 Å². The van der Waals surface area contributed by atoms with Crippen LogP contribution >= 0.6 is 34.8 Å². The molecule has 5 heteroatoms. The van der Waals surface area contributed by atoms with E-state index in [0.29, 0.717) is 20.9 Å². The summed E-state index contributed by atoms with van der Waals surface area (Å²) in [6, 6.07) is 7.93. The molecular weight excluding hydrogens is 242 g/mol. The molecule has 0 bridgehead atoms. The van der Waals surface area contributed by atoms with E-state index in [1.165, 1.54) is 10.9 Å². The smallest absolute Gasteiger partial charge is 0.140 e. The lowest BCUT2D eigenvalue weighted by Gasteiger charge is -2.07. The van der Waals surface area contributed by atoms with E-state index < -0.39 is 0 Å². The summed E-state index contributed by atoms with van der Waals surface area (Å²) < 4.78 is 1.44. The van der Waals surface area contributed by atoms with Gasteiger partial charge in [0.25, 0.3) is 0 Å². The van der Waals surface area contributed by atoms with Gasteiger partial charge in [-0.2, -0.15) is 5.10 Å². The minimum absolute atomic E-state index is 0.347. The maximum absolute atomic E-state index is 5.98. The number of hydrogen-bond donors (Lipinski definition) is 0. The molecule has 0 saturated heterocycles. The van der Waals surface area contributed by atoms with Crippen molar-refractivity contribution in [3.63, 3.8) is 0 Å². The lowest BCUT2D eigenvalue weighted by Crippen LogP contribution is -1.97. The fourth-order valence-corrected chi connectivity index (χ4v) is 1.83. The molecule has 1 radical (unpaired) electrons. The van der Waals surface area contributed by atoms with Crippen LogP contribution < -0.4 is 0 Å². The molecule has 14 heavy (non-hydrogen) atoms. The largest absolute Gasteiger partial charge is 0.219 e. The highest BCUT2D eigenvalue weighted by molar-refractivity contribution is 6.38. The summed E-state index contributed by atoms with van der Waals surface area (Å²) in [6.45, 7) is 0. The van der Waals surface area contributed by atoms with E-state index >= 15 is 0 Å². The molecule has 0 amide bonds. The van der Waals surface area contributed by atoms with E-state index in [1.807, 2.05) is 0 Å². The van der Waals surface area contributed by atoms with Crippen molar-refractivity contribution in [3.8, 4) is 5.69 Å². The van der Waals surface area contributed by atoms with Gasteiger partial charge in [-0.25, -0.2) is 4.68 Å². The Hall–Kier alpha value is -0.700. The van der Waals surface area contributed by atoms with Gasteiger partial charge in [0.05, 0.1) is 16.2 Å². The first kappa shape index (κ1) is 9.84. The summed E-state index contributed by atoms with van der Waals surface area (Å²) in [5, 5.41) is 5.31. The highest BCUT2D eigenvalue weighted by Gasteiger charge is 2.10. The summed E-state index contributed by atoms with van der Waals surface area (Å²) in [5.74, 6) is 0. The summed E-state index contributed by atoms with van der Waals surface area (Å²) >= 11 is 17.8. The van der Waals surface area contributed by atoms with Crippen molar-refractivity contribution in [1.82, 2.24) is 9.78 Å². The van der Waals surface area contributed by atoms with Crippen LogP contribution in [0.5, 0.6) is 0 Å². The third-order valence-corrected chi connectivity index (χ3v) is 2.57. The van der Waals surface area contributed by atoms with Gasteiger partial charge < -0.3 is 0 Å². The van der Waals surface area contributed by atoms with Crippen molar-refractivity contribution in [1.29, 1.82) is 0 Å². The van der Waals surface area contributed by atoms with Crippen LogP contribution in [0.3, 0.4) is 0 Å². The monoisotopic (exact) mass is 245 g/mol. The molecule has 0 spiro atoms. The summed E-state index contributed by atoms with van der Waals surface area (Å²) in [6.07, 6.45) is 1.46. The predicted molar refractivity (Wildman–Crippen MR) is 57.4 cm³/mol. The van der Waals surface area contributed by atoms with Crippen molar-refractivity contribution in [3.05, 3.63) is 45.7 Å². The van der Waals surface area contributed by atoms with Crippen LogP contribution in [-0.2, 0) is 0 Å². The normalized spacial score (nSPS) is 10.5. The van der Waals surface area contributed by atoms with Crippen LogP contribution in [0.25, 0.3) is 5.69 Å². The number of nitrogens with zero attached hydrogens (tertiary/aromatic N) is 2. The molecule has 0 atom stereocenters. The van der Waals surface area contributed by atoms with Crippen LogP contribution in [0, 0.1) is 6.07 Å². The molecule has 1 aromatic carbocycles. The molecular formula is C9H4Cl3N2. The number of benzene rings is 1. The maximum atomic E-state index is 5.98. The zero-order valence-electron chi connectivity index (χ0n) is 6.84. The Kier molecular flexibility index (Phi) is 2.68. The van der Waals surface area contributed by atoms with Crippen LogP contribution in [0.15, 0.2) is 24.4 Å². The highest BCUT2D eigenvalue weighted by Crippen LogP contribution is 2.29. The van der Waals surface area contributed by atoms with Gasteiger partial charge in [0, 0.05) is 6.07 Å². The zero-order valence-corrected chi connectivity index (χ0v) is 9.11. The highest BCUT2D eigenvalue weighted by atomic mass is 35.5. The third-order valence-electron chi connectivity index (χ3n) is 1.69. The van der Waals surface area contributed by atoms with Crippen LogP contribution in [0.4, 0.5) is 0 Å². The number of halogens is 3. The predicted octanol–water partition coefficient (Wildman–Crippen LogP) is 3.63. The first-order valence-corrected chi connectivity index (χ1v) is 4.89. The van der Waals surface area contributed by atoms with Crippen LogP contribution in [-0.4, -0.2) is 9.78 Å². The molecule has 0 aliphatic carbocycles. The average molecular weight is 247 g/mol.